The monoisotopic (exact) mass is 304 g/mol. The van der Waals surface area contributed by atoms with Gasteiger partial charge in [-0.3, -0.25) is 14.9 Å². The van der Waals surface area contributed by atoms with Crippen molar-refractivity contribution in [2.24, 2.45) is 0 Å². The molecule has 0 fully saturated rings. The van der Waals surface area contributed by atoms with Gasteiger partial charge in [-0.05, 0) is 43.0 Å². The average molecular weight is 304 g/mol. The van der Waals surface area contributed by atoms with Crippen molar-refractivity contribution < 1.29 is 19.1 Å². The van der Waals surface area contributed by atoms with E-state index >= 15 is 0 Å². The first-order valence-electron chi connectivity index (χ1n) is 7.46. The third-order valence-corrected chi connectivity index (χ3v) is 3.39. The number of ether oxygens (including phenoxy) is 1. The van der Waals surface area contributed by atoms with Crippen LogP contribution in [0.15, 0.2) is 18.2 Å². The Morgan fingerprint density at radius 1 is 1.27 bits per heavy atom. The molecule has 0 bridgehead atoms. The van der Waals surface area contributed by atoms with E-state index < -0.39 is 11.9 Å². The SMILES string of the molecule is CCCNC(=O)NC(=O)COc1ccc2c(c1)CCCC2=O. The minimum atomic E-state index is -0.522. The van der Waals surface area contributed by atoms with Crippen molar-refractivity contribution in [3.8, 4) is 5.75 Å². The van der Waals surface area contributed by atoms with Crippen molar-refractivity contribution >= 4 is 17.7 Å². The van der Waals surface area contributed by atoms with E-state index in [4.69, 9.17) is 4.74 Å². The highest BCUT2D eigenvalue weighted by atomic mass is 16.5. The molecule has 6 nitrogen and oxygen atoms in total. The first kappa shape index (κ1) is 16.0. The van der Waals surface area contributed by atoms with Gasteiger partial charge in [0.15, 0.2) is 12.4 Å². The van der Waals surface area contributed by atoms with Gasteiger partial charge in [0.1, 0.15) is 5.75 Å². The standard InChI is InChI=1S/C16H20N2O4/c1-2-8-17-16(21)18-15(20)10-22-12-6-7-13-11(9-12)4-3-5-14(13)19/h6-7,9H,2-5,8,10H2,1H3,(H2,17,18,20,21). The van der Waals surface area contributed by atoms with Crippen LogP contribution >= 0.6 is 0 Å². The number of ketones is 1. The van der Waals surface area contributed by atoms with E-state index in [9.17, 15) is 14.4 Å². The maximum Gasteiger partial charge on any atom is 0.321 e. The van der Waals surface area contributed by atoms with Gasteiger partial charge in [-0.15, -0.1) is 0 Å². The Morgan fingerprint density at radius 2 is 2.09 bits per heavy atom. The van der Waals surface area contributed by atoms with Crippen LogP contribution in [0.4, 0.5) is 4.79 Å². The molecule has 1 aliphatic carbocycles. The molecule has 2 N–H and O–H groups in total. The van der Waals surface area contributed by atoms with Crippen LogP contribution in [0.2, 0.25) is 0 Å². The zero-order valence-corrected chi connectivity index (χ0v) is 12.6. The number of imide groups is 1. The number of rotatable bonds is 5. The number of Topliss-reactive ketones (excluding diaryl/α,β-unsaturated/α-hetero) is 1. The Balaban J connectivity index is 1.85. The number of hydrogen-bond donors (Lipinski definition) is 2. The fourth-order valence-corrected chi connectivity index (χ4v) is 2.31. The van der Waals surface area contributed by atoms with Crippen LogP contribution in [0.25, 0.3) is 0 Å². The Kier molecular flexibility index (Phi) is 5.52. The highest BCUT2D eigenvalue weighted by molar-refractivity contribution is 5.98. The zero-order valence-electron chi connectivity index (χ0n) is 12.6. The number of urea groups is 1. The van der Waals surface area contributed by atoms with Gasteiger partial charge < -0.3 is 10.1 Å². The summed E-state index contributed by atoms with van der Waals surface area (Å²) in [7, 11) is 0. The molecule has 0 aromatic heterocycles. The lowest BCUT2D eigenvalue weighted by atomic mass is 9.91. The topological polar surface area (TPSA) is 84.5 Å². The minimum Gasteiger partial charge on any atom is -0.484 e. The van der Waals surface area contributed by atoms with Crippen LogP contribution in [0.3, 0.4) is 0 Å². The highest BCUT2D eigenvalue weighted by Gasteiger charge is 2.17. The molecular formula is C16H20N2O4. The summed E-state index contributed by atoms with van der Waals surface area (Å²) in [6.45, 7) is 2.19. The fourth-order valence-electron chi connectivity index (χ4n) is 2.31. The second kappa shape index (κ2) is 7.59. The van der Waals surface area contributed by atoms with Crippen molar-refractivity contribution in [2.75, 3.05) is 13.2 Å². The van der Waals surface area contributed by atoms with Gasteiger partial charge in [0, 0.05) is 18.5 Å². The Bertz CT molecular complexity index is 584. The molecule has 1 aliphatic rings. The van der Waals surface area contributed by atoms with Crippen molar-refractivity contribution in [3.63, 3.8) is 0 Å². The van der Waals surface area contributed by atoms with E-state index in [0.29, 0.717) is 18.7 Å². The van der Waals surface area contributed by atoms with Gasteiger partial charge in [0.05, 0.1) is 0 Å². The Hall–Kier alpha value is -2.37. The molecular weight excluding hydrogens is 284 g/mol. The number of carbonyl (C=O) groups is 3. The zero-order chi connectivity index (χ0) is 15.9. The summed E-state index contributed by atoms with van der Waals surface area (Å²) < 4.78 is 5.37. The normalized spacial score (nSPS) is 13.2. The van der Waals surface area contributed by atoms with Gasteiger partial charge >= 0.3 is 6.03 Å². The van der Waals surface area contributed by atoms with Crippen LogP contribution in [0, 0.1) is 0 Å². The molecule has 0 aliphatic heterocycles. The number of aryl methyl sites for hydroxylation is 1. The fraction of sp³-hybridized carbons (Fsp3) is 0.438. The molecule has 6 heteroatoms. The van der Waals surface area contributed by atoms with Crippen molar-refractivity contribution in [1.82, 2.24) is 10.6 Å². The summed E-state index contributed by atoms with van der Waals surface area (Å²) in [5.41, 5.74) is 1.69. The molecule has 1 aromatic rings. The number of hydrogen-bond acceptors (Lipinski definition) is 4. The molecule has 118 valence electrons. The largest absolute Gasteiger partial charge is 0.484 e. The summed E-state index contributed by atoms with van der Waals surface area (Å²) in [4.78, 5) is 34.6. The summed E-state index contributed by atoms with van der Waals surface area (Å²) >= 11 is 0. The summed E-state index contributed by atoms with van der Waals surface area (Å²) in [6, 6.07) is 4.67. The molecule has 0 atom stereocenters. The molecule has 0 heterocycles. The third-order valence-electron chi connectivity index (χ3n) is 3.39. The van der Waals surface area contributed by atoms with Crippen LogP contribution in [-0.2, 0) is 11.2 Å². The molecule has 0 unspecified atom stereocenters. The Morgan fingerprint density at radius 3 is 2.86 bits per heavy atom. The van der Waals surface area contributed by atoms with E-state index in [1.165, 1.54) is 0 Å². The van der Waals surface area contributed by atoms with Crippen molar-refractivity contribution in [1.29, 1.82) is 0 Å². The van der Waals surface area contributed by atoms with E-state index in [1.807, 2.05) is 6.92 Å². The van der Waals surface area contributed by atoms with E-state index in [2.05, 4.69) is 10.6 Å². The van der Waals surface area contributed by atoms with E-state index in [0.717, 1.165) is 30.4 Å². The molecule has 3 amide bonds. The van der Waals surface area contributed by atoms with Gasteiger partial charge in [-0.2, -0.15) is 0 Å². The van der Waals surface area contributed by atoms with Crippen molar-refractivity contribution in [3.05, 3.63) is 29.3 Å². The maximum absolute atomic E-state index is 11.7. The lowest BCUT2D eigenvalue weighted by Gasteiger charge is -2.15. The second-order valence-corrected chi connectivity index (χ2v) is 5.19. The number of fused-ring (bicyclic) bond motifs is 1. The summed E-state index contributed by atoms with van der Waals surface area (Å²) in [5, 5.41) is 4.73. The first-order valence-corrected chi connectivity index (χ1v) is 7.46. The second-order valence-electron chi connectivity index (χ2n) is 5.19. The Labute approximate surface area is 129 Å². The lowest BCUT2D eigenvalue weighted by Crippen LogP contribution is -2.41. The van der Waals surface area contributed by atoms with E-state index in [1.54, 1.807) is 18.2 Å². The molecule has 0 radical (unpaired) electrons. The van der Waals surface area contributed by atoms with Crippen molar-refractivity contribution in [2.45, 2.75) is 32.6 Å². The molecule has 22 heavy (non-hydrogen) atoms. The number of amides is 3. The molecule has 0 spiro atoms. The summed E-state index contributed by atoms with van der Waals surface area (Å²) in [6.07, 6.45) is 3.06. The van der Waals surface area contributed by atoms with Gasteiger partial charge in [-0.1, -0.05) is 6.92 Å². The number of benzene rings is 1. The van der Waals surface area contributed by atoms with Crippen LogP contribution in [-0.4, -0.2) is 30.9 Å². The average Bonchev–Trinajstić information content (AvgIpc) is 2.51. The summed E-state index contributed by atoms with van der Waals surface area (Å²) in [5.74, 6) is 0.165. The van der Waals surface area contributed by atoms with Gasteiger partial charge in [0.2, 0.25) is 0 Å². The van der Waals surface area contributed by atoms with Crippen LogP contribution in [0.1, 0.15) is 42.1 Å². The van der Waals surface area contributed by atoms with Crippen LogP contribution in [0.5, 0.6) is 5.75 Å². The third kappa shape index (κ3) is 4.31. The molecule has 2 rings (SSSR count). The smallest absolute Gasteiger partial charge is 0.321 e. The van der Waals surface area contributed by atoms with Gasteiger partial charge in [-0.25, -0.2) is 4.79 Å². The van der Waals surface area contributed by atoms with E-state index in [-0.39, 0.29) is 12.4 Å². The maximum atomic E-state index is 11.7. The first-order chi connectivity index (χ1) is 10.6. The highest BCUT2D eigenvalue weighted by Crippen LogP contribution is 2.25. The lowest BCUT2D eigenvalue weighted by molar-refractivity contribution is -0.122. The number of carbonyl (C=O) groups excluding carboxylic acids is 3. The minimum absolute atomic E-state index is 0.151. The predicted octanol–water partition coefficient (Wildman–Crippen LogP) is 1.82. The quantitative estimate of drug-likeness (QED) is 0.869. The predicted molar refractivity (Wildman–Crippen MR) is 81.0 cm³/mol. The molecule has 1 aromatic carbocycles. The molecule has 0 saturated carbocycles. The molecule has 0 saturated heterocycles. The number of nitrogens with one attached hydrogen (secondary N) is 2. The van der Waals surface area contributed by atoms with Gasteiger partial charge in [0.25, 0.3) is 5.91 Å². The van der Waals surface area contributed by atoms with Crippen LogP contribution < -0.4 is 15.4 Å².